The molecule has 3 rings (SSSR count). The summed E-state index contributed by atoms with van der Waals surface area (Å²) in [5.41, 5.74) is -0.257. The molecule has 0 bridgehead atoms. The Morgan fingerprint density at radius 3 is 2.56 bits per heavy atom. The number of carbonyl (C=O) groups excluding carboxylic acids is 1. The highest BCUT2D eigenvalue weighted by Gasteiger charge is 2.33. The van der Waals surface area contributed by atoms with Crippen LogP contribution in [0.15, 0.2) is 51.8 Å². The van der Waals surface area contributed by atoms with Crippen LogP contribution in [0.25, 0.3) is 0 Å². The SMILES string of the molecule is O=C(Nc1cc(F)ccc1F)[C@@H]1CCCN(S(=O)(=O)c2ccc(Br)cc2)C1. The van der Waals surface area contributed by atoms with Gasteiger partial charge in [0.25, 0.3) is 0 Å². The van der Waals surface area contributed by atoms with Gasteiger partial charge >= 0.3 is 0 Å². The van der Waals surface area contributed by atoms with Gasteiger partial charge in [0.05, 0.1) is 16.5 Å². The number of hydrogen-bond acceptors (Lipinski definition) is 3. The monoisotopic (exact) mass is 458 g/mol. The number of anilines is 1. The Balaban J connectivity index is 1.74. The predicted octanol–water partition coefficient (Wildman–Crippen LogP) is 3.77. The quantitative estimate of drug-likeness (QED) is 0.758. The Morgan fingerprint density at radius 1 is 1.15 bits per heavy atom. The Bertz CT molecular complexity index is 952. The number of sulfonamides is 1. The topological polar surface area (TPSA) is 66.5 Å². The van der Waals surface area contributed by atoms with Crippen LogP contribution in [0.3, 0.4) is 0 Å². The number of hydrogen-bond donors (Lipinski definition) is 1. The fourth-order valence-corrected chi connectivity index (χ4v) is 4.75. The molecule has 1 N–H and O–H groups in total. The van der Waals surface area contributed by atoms with E-state index < -0.39 is 33.5 Å². The zero-order valence-corrected chi connectivity index (χ0v) is 16.6. The van der Waals surface area contributed by atoms with Crippen LogP contribution < -0.4 is 5.32 Å². The lowest BCUT2D eigenvalue weighted by Gasteiger charge is -2.31. The van der Waals surface area contributed by atoms with Gasteiger partial charge in [0, 0.05) is 23.6 Å². The van der Waals surface area contributed by atoms with Crippen LogP contribution in [-0.4, -0.2) is 31.7 Å². The van der Waals surface area contributed by atoms with E-state index in [1.165, 1.54) is 16.4 Å². The highest BCUT2D eigenvalue weighted by atomic mass is 79.9. The number of nitrogens with one attached hydrogen (secondary N) is 1. The van der Waals surface area contributed by atoms with Crippen LogP contribution in [0.1, 0.15) is 12.8 Å². The molecule has 27 heavy (non-hydrogen) atoms. The van der Waals surface area contributed by atoms with Crippen molar-refractivity contribution in [2.45, 2.75) is 17.7 Å². The number of nitrogens with zero attached hydrogens (tertiary/aromatic N) is 1. The largest absolute Gasteiger partial charge is 0.323 e. The first kappa shape index (κ1) is 19.9. The molecule has 0 radical (unpaired) electrons. The number of rotatable bonds is 4. The molecule has 0 unspecified atom stereocenters. The molecule has 1 atom stereocenters. The smallest absolute Gasteiger partial charge is 0.243 e. The highest BCUT2D eigenvalue weighted by Crippen LogP contribution is 2.26. The number of halogens is 3. The Kier molecular flexibility index (Phi) is 5.92. The molecule has 5 nitrogen and oxygen atoms in total. The molecular weight excluding hydrogens is 442 g/mol. The second-order valence-electron chi connectivity index (χ2n) is 6.27. The van der Waals surface area contributed by atoms with Gasteiger partial charge in [0.1, 0.15) is 11.6 Å². The van der Waals surface area contributed by atoms with Crippen molar-refractivity contribution in [1.82, 2.24) is 4.31 Å². The molecule has 2 aromatic carbocycles. The van der Waals surface area contributed by atoms with E-state index in [0.29, 0.717) is 19.4 Å². The van der Waals surface area contributed by atoms with E-state index in [9.17, 15) is 22.0 Å². The average Bonchev–Trinajstić information content (AvgIpc) is 2.65. The molecule has 1 saturated heterocycles. The van der Waals surface area contributed by atoms with Crippen LogP contribution in [0, 0.1) is 17.6 Å². The third-order valence-electron chi connectivity index (χ3n) is 4.39. The molecule has 2 aromatic rings. The number of carbonyl (C=O) groups is 1. The minimum atomic E-state index is -3.73. The van der Waals surface area contributed by atoms with E-state index in [-0.39, 0.29) is 17.1 Å². The van der Waals surface area contributed by atoms with E-state index in [4.69, 9.17) is 0 Å². The van der Waals surface area contributed by atoms with Crippen LogP contribution in [-0.2, 0) is 14.8 Å². The molecule has 0 saturated carbocycles. The summed E-state index contributed by atoms with van der Waals surface area (Å²) in [6.45, 7) is 0.289. The van der Waals surface area contributed by atoms with Gasteiger partial charge in [-0.15, -0.1) is 0 Å². The van der Waals surface area contributed by atoms with Crippen molar-refractivity contribution in [1.29, 1.82) is 0 Å². The van der Waals surface area contributed by atoms with Crippen molar-refractivity contribution in [2.24, 2.45) is 5.92 Å². The molecule has 1 aliphatic rings. The molecule has 0 aliphatic carbocycles. The molecular formula is C18H17BrF2N2O3S. The van der Waals surface area contributed by atoms with Gasteiger partial charge < -0.3 is 5.32 Å². The van der Waals surface area contributed by atoms with E-state index >= 15 is 0 Å². The first-order valence-electron chi connectivity index (χ1n) is 8.29. The van der Waals surface area contributed by atoms with Gasteiger partial charge in [-0.2, -0.15) is 4.31 Å². The van der Waals surface area contributed by atoms with Crippen LogP contribution in [0.4, 0.5) is 14.5 Å². The minimum Gasteiger partial charge on any atom is -0.323 e. The number of piperidine rings is 1. The van der Waals surface area contributed by atoms with Crippen LogP contribution in [0.5, 0.6) is 0 Å². The second-order valence-corrected chi connectivity index (χ2v) is 9.12. The first-order chi connectivity index (χ1) is 12.8. The lowest BCUT2D eigenvalue weighted by Crippen LogP contribution is -2.43. The second kappa shape index (κ2) is 8.04. The van der Waals surface area contributed by atoms with Gasteiger partial charge in [-0.25, -0.2) is 17.2 Å². The van der Waals surface area contributed by atoms with E-state index in [1.54, 1.807) is 12.1 Å². The molecule has 144 valence electrons. The van der Waals surface area contributed by atoms with Crippen molar-refractivity contribution in [3.63, 3.8) is 0 Å². The van der Waals surface area contributed by atoms with Crippen LogP contribution in [0.2, 0.25) is 0 Å². The lowest BCUT2D eigenvalue weighted by atomic mass is 9.98. The van der Waals surface area contributed by atoms with E-state index in [1.807, 2.05) is 0 Å². The fourth-order valence-electron chi connectivity index (χ4n) is 2.96. The van der Waals surface area contributed by atoms with Gasteiger partial charge in [-0.1, -0.05) is 15.9 Å². The molecule has 1 aliphatic heterocycles. The maximum Gasteiger partial charge on any atom is 0.243 e. The zero-order chi connectivity index (χ0) is 19.6. The van der Waals surface area contributed by atoms with Gasteiger partial charge in [0.2, 0.25) is 15.9 Å². The molecule has 9 heteroatoms. The molecule has 1 heterocycles. The van der Waals surface area contributed by atoms with Crippen molar-refractivity contribution in [3.8, 4) is 0 Å². The maximum absolute atomic E-state index is 13.7. The number of amides is 1. The van der Waals surface area contributed by atoms with Gasteiger partial charge in [-0.3, -0.25) is 4.79 Å². The van der Waals surface area contributed by atoms with E-state index in [0.717, 1.165) is 22.7 Å². The predicted molar refractivity (Wildman–Crippen MR) is 101 cm³/mol. The van der Waals surface area contributed by atoms with Crippen LogP contribution >= 0.6 is 15.9 Å². The third kappa shape index (κ3) is 4.53. The standard InChI is InChI=1S/C18H17BrF2N2O3S/c19-13-3-6-15(7-4-13)27(25,26)23-9-1-2-12(11-23)18(24)22-17-10-14(20)5-8-16(17)21/h3-8,10,12H,1-2,9,11H2,(H,22,24)/t12-/m1/s1. The summed E-state index contributed by atoms with van der Waals surface area (Å²) >= 11 is 3.26. The minimum absolute atomic E-state index is 0.0127. The summed E-state index contributed by atoms with van der Waals surface area (Å²) in [6.07, 6.45) is 0.967. The highest BCUT2D eigenvalue weighted by molar-refractivity contribution is 9.10. The Morgan fingerprint density at radius 2 is 1.85 bits per heavy atom. The number of benzene rings is 2. The molecule has 1 amide bonds. The maximum atomic E-state index is 13.7. The molecule has 0 aromatic heterocycles. The molecule has 0 spiro atoms. The lowest BCUT2D eigenvalue weighted by molar-refractivity contribution is -0.120. The van der Waals surface area contributed by atoms with E-state index in [2.05, 4.69) is 21.2 Å². The van der Waals surface area contributed by atoms with Crippen molar-refractivity contribution < 1.29 is 22.0 Å². The Hall–Kier alpha value is -1.84. The normalized spacial score (nSPS) is 18.3. The third-order valence-corrected chi connectivity index (χ3v) is 6.80. The summed E-state index contributed by atoms with van der Waals surface area (Å²) < 4.78 is 54.6. The summed E-state index contributed by atoms with van der Waals surface area (Å²) in [7, 11) is -3.73. The zero-order valence-electron chi connectivity index (χ0n) is 14.2. The fraction of sp³-hybridized carbons (Fsp3) is 0.278. The van der Waals surface area contributed by atoms with Crippen molar-refractivity contribution in [2.75, 3.05) is 18.4 Å². The first-order valence-corrected chi connectivity index (χ1v) is 10.5. The van der Waals surface area contributed by atoms with Crippen molar-refractivity contribution in [3.05, 3.63) is 58.6 Å². The Labute approximate surface area is 164 Å². The van der Waals surface area contributed by atoms with Gasteiger partial charge in [-0.05, 0) is 49.2 Å². The van der Waals surface area contributed by atoms with Gasteiger partial charge in [0.15, 0.2) is 0 Å². The summed E-state index contributed by atoms with van der Waals surface area (Å²) in [6, 6.07) is 9.03. The summed E-state index contributed by atoms with van der Waals surface area (Å²) in [5, 5.41) is 2.36. The summed E-state index contributed by atoms with van der Waals surface area (Å²) in [5.74, 6) is -2.60. The average molecular weight is 459 g/mol. The summed E-state index contributed by atoms with van der Waals surface area (Å²) in [4.78, 5) is 12.6. The molecule has 1 fully saturated rings. The van der Waals surface area contributed by atoms with Crippen molar-refractivity contribution >= 4 is 37.5 Å².